The lowest BCUT2D eigenvalue weighted by molar-refractivity contribution is 0.0953. The maximum Gasteiger partial charge on any atom is 0.266 e. The number of nitrogen functional groups attached to an aromatic ring is 1. The molecule has 2 aromatic rings. The predicted molar refractivity (Wildman–Crippen MR) is 82.1 cm³/mol. The van der Waals surface area contributed by atoms with Crippen molar-refractivity contribution in [1.82, 2.24) is 10.4 Å². The van der Waals surface area contributed by atoms with Crippen molar-refractivity contribution < 1.29 is 9.53 Å². The van der Waals surface area contributed by atoms with Gasteiger partial charge in [-0.3, -0.25) is 15.2 Å². The molecule has 3 N–H and O–H groups in total. The van der Waals surface area contributed by atoms with Crippen molar-refractivity contribution in [3.05, 3.63) is 56.7 Å². The van der Waals surface area contributed by atoms with Gasteiger partial charge in [0.1, 0.15) is 12.4 Å². The van der Waals surface area contributed by atoms with Gasteiger partial charge in [0.05, 0.1) is 20.2 Å². The van der Waals surface area contributed by atoms with E-state index in [-0.39, 0.29) is 5.91 Å². The Labute approximate surface area is 132 Å². The highest BCUT2D eigenvalue weighted by atomic mass is 79.9. The van der Waals surface area contributed by atoms with Crippen molar-refractivity contribution in [1.29, 1.82) is 0 Å². The number of hydrogen-bond acceptors (Lipinski definition) is 4. The Morgan fingerprint density at radius 3 is 2.50 bits per heavy atom. The van der Waals surface area contributed by atoms with E-state index in [9.17, 15) is 4.79 Å². The van der Waals surface area contributed by atoms with Crippen LogP contribution in [0.1, 0.15) is 16.1 Å². The number of hydrazine groups is 1. The molecule has 0 spiro atoms. The van der Waals surface area contributed by atoms with E-state index in [1.165, 1.54) is 6.20 Å². The molecule has 0 aliphatic rings. The summed E-state index contributed by atoms with van der Waals surface area (Å²) in [6, 6.07) is 9.04. The van der Waals surface area contributed by atoms with Gasteiger partial charge < -0.3 is 4.74 Å². The summed E-state index contributed by atoms with van der Waals surface area (Å²) in [6.07, 6.45) is 1.45. The summed E-state index contributed by atoms with van der Waals surface area (Å²) in [4.78, 5) is 15.4. The first-order valence-corrected chi connectivity index (χ1v) is 7.23. The van der Waals surface area contributed by atoms with Crippen LogP contribution in [0.2, 0.25) is 0 Å². The fourth-order valence-corrected chi connectivity index (χ4v) is 2.72. The molecule has 0 fully saturated rings. The van der Waals surface area contributed by atoms with Crippen LogP contribution in [0.5, 0.6) is 5.75 Å². The molecule has 0 radical (unpaired) electrons. The van der Waals surface area contributed by atoms with Crippen LogP contribution in [0, 0.1) is 0 Å². The smallest absolute Gasteiger partial charge is 0.266 e. The van der Waals surface area contributed by atoms with E-state index >= 15 is 0 Å². The molecular weight excluding hydrogens is 390 g/mol. The number of ether oxygens (including phenoxy) is 1. The highest BCUT2D eigenvalue weighted by Crippen LogP contribution is 2.33. The van der Waals surface area contributed by atoms with E-state index in [4.69, 9.17) is 10.6 Å². The zero-order chi connectivity index (χ0) is 14.5. The van der Waals surface area contributed by atoms with E-state index in [1.54, 1.807) is 12.1 Å². The number of nitrogens with one attached hydrogen (secondary N) is 1. The monoisotopic (exact) mass is 399 g/mol. The minimum atomic E-state index is -0.376. The van der Waals surface area contributed by atoms with E-state index in [1.807, 2.05) is 18.2 Å². The second kappa shape index (κ2) is 6.83. The van der Waals surface area contributed by atoms with Gasteiger partial charge in [-0.2, -0.15) is 0 Å². The molecule has 1 aromatic carbocycles. The number of aromatic nitrogens is 1. The van der Waals surface area contributed by atoms with Crippen LogP contribution in [0.25, 0.3) is 0 Å². The van der Waals surface area contributed by atoms with Crippen molar-refractivity contribution in [2.45, 2.75) is 6.61 Å². The molecule has 0 atom stereocenters. The molecule has 1 heterocycles. The Morgan fingerprint density at radius 1 is 1.25 bits per heavy atom. The first kappa shape index (κ1) is 15.0. The van der Waals surface area contributed by atoms with Gasteiger partial charge in [0, 0.05) is 6.20 Å². The number of para-hydroxylation sites is 1. The highest BCUT2D eigenvalue weighted by molar-refractivity contribution is 9.11. The van der Waals surface area contributed by atoms with Gasteiger partial charge >= 0.3 is 0 Å². The summed E-state index contributed by atoms with van der Waals surface area (Å²) in [6.45, 7) is 0.297. The van der Waals surface area contributed by atoms with Crippen LogP contribution >= 0.6 is 31.9 Å². The maximum atomic E-state index is 11.3. The second-order valence-corrected chi connectivity index (χ2v) is 5.56. The first-order valence-electron chi connectivity index (χ1n) is 5.64. The molecule has 104 valence electrons. The minimum absolute atomic E-state index is 0.297. The van der Waals surface area contributed by atoms with Crippen molar-refractivity contribution >= 4 is 37.8 Å². The van der Waals surface area contributed by atoms with Gasteiger partial charge in [0.2, 0.25) is 0 Å². The topological polar surface area (TPSA) is 77.2 Å². The van der Waals surface area contributed by atoms with Crippen molar-refractivity contribution in [3.8, 4) is 5.75 Å². The standard InChI is InChI=1S/C13H11Br2N3O2/c14-10-2-1-3-11(15)12(10)20-7-9-5-4-8(6-17-9)13(19)18-16/h1-6H,7,16H2,(H,18,19). The molecule has 1 aromatic heterocycles. The second-order valence-electron chi connectivity index (χ2n) is 3.85. The number of nitrogens with zero attached hydrogens (tertiary/aromatic N) is 1. The van der Waals surface area contributed by atoms with Gasteiger partial charge in [-0.1, -0.05) is 6.07 Å². The van der Waals surface area contributed by atoms with Crippen LogP contribution in [0.15, 0.2) is 45.5 Å². The van der Waals surface area contributed by atoms with Crippen molar-refractivity contribution in [2.24, 2.45) is 5.84 Å². The highest BCUT2D eigenvalue weighted by Gasteiger charge is 2.08. The summed E-state index contributed by atoms with van der Waals surface area (Å²) in [5, 5.41) is 0. The number of benzene rings is 1. The number of nitrogens with two attached hydrogens (primary N) is 1. The summed E-state index contributed by atoms with van der Waals surface area (Å²) >= 11 is 6.84. The summed E-state index contributed by atoms with van der Waals surface area (Å²) in [5.74, 6) is 5.38. The summed E-state index contributed by atoms with van der Waals surface area (Å²) in [7, 11) is 0. The van der Waals surface area contributed by atoms with E-state index in [0.717, 1.165) is 8.95 Å². The van der Waals surface area contributed by atoms with Crippen LogP contribution in [0.4, 0.5) is 0 Å². The predicted octanol–water partition coefficient (Wildman–Crippen LogP) is 2.79. The van der Waals surface area contributed by atoms with E-state index in [2.05, 4.69) is 42.3 Å². The number of carbonyl (C=O) groups excluding carboxylic acids is 1. The molecule has 0 aliphatic carbocycles. The lowest BCUT2D eigenvalue weighted by Gasteiger charge is -2.09. The Bertz CT molecular complexity index is 597. The molecule has 2 rings (SSSR count). The van der Waals surface area contributed by atoms with E-state index in [0.29, 0.717) is 23.6 Å². The Balaban J connectivity index is 2.06. The average molecular weight is 401 g/mol. The van der Waals surface area contributed by atoms with Gasteiger partial charge in [-0.25, -0.2) is 5.84 Å². The summed E-state index contributed by atoms with van der Waals surface area (Å²) in [5.41, 5.74) is 3.16. The lowest BCUT2D eigenvalue weighted by atomic mass is 10.2. The molecule has 0 saturated carbocycles. The van der Waals surface area contributed by atoms with Crippen LogP contribution in [-0.4, -0.2) is 10.9 Å². The third kappa shape index (κ3) is 3.56. The number of carbonyl (C=O) groups is 1. The van der Waals surface area contributed by atoms with Gasteiger partial charge in [0.25, 0.3) is 5.91 Å². The van der Waals surface area contributed by atoms with Crippen LogP contribution in [0.3, 0.4) is 0 Å². The molecule has 20 heavy (non-hydrogen) atoms. The molecule has 0 bridgehead atoms. The molecule has 1 amide bonds. The number of amides is 1. The first-order chi connectivity index (χ1) is 9.61. The van der Waals surface area contributed by atoms with Crippen molar-refractivity contribution in [2.75, 3.05) is 0 Å². The Hall–Kier alpha value is -1.44. The number of halogens is 2. The molecule has 0 unspecified atom stereocenters. The van der Waals surface area contributed by atoms with Gasteiger partial charge in [-0.05, 0) is 56.1 Å². The Morgan fingerprint density at radius 2 is 1.95 bits per heavy atom. The minimum Gasteiger partial charge on any atom is -0.485 e. The Kier molecular flexibility index (Phi) is 5.11. The molecular formula is C13H11Br2N3O2. The lowest BCUT2D eigenvalue weighted by Crippen LogP contribution is -2.30. The number of rotatable bonds is 4. The maximum absolute atomic E-state index is 11.3. The molecule has 5 nitrogen and oxygen atoms in total. The fraction of sp³-hybridized carbons (Fsp3) is 0.0769. The molecule has 0 saturated heterocycles. The zero-order valence-corrected chi connectivity index (χ0v) is 13.4. The third-order valence-electron chi connectivity index (χ3n) is 2.50. The number of pyridine rings is 1. The largest absolute Gasteiger partial charge is 0.485 e. The number of hydrogen-bond donors (Lipinski definition) is 2. The van der Waals surface area contributed by atoms with Crippen LogP contribution in [-0.2, 0) is 6.61 Å². The molecule has 0 aliphatic heterocycles. The van der Waals surface area contributed by atoms with E-state index < -0.39 is 0 Å². The average Bonchev–Trinajstić information content (AvgIpc) is 2.46. The SMILES string of the molecule is NNC(=O)c1ccc(COc2c(Br)cccc2Br)nc1. The van der Waals surface area contributed by atoms with Crippen molar-refractivity contribution in [3.63, 3.8) is 0 Å². The fourth-order valence-electron chi connectivity index (χ4n) is 1.49. The van der Waals surface area contributed by atoms with Gasteiger partial charge in [-0.15, -0.1) is 0 Å². The third-order valence-corrected chi connectivity index (χ3v) is 3.75. The normalized spacial score (nSPS) is 10.2. The summed E-state index contributed by atoms with van der Waals surface area (Å²) < 4.78 is 7.40. The van der Waals surface area contributed by atoms with Crippen LogP contribution < -0.4 is 16.0 Å². The van der Waals surface area contributed by atoms with Gasteiger partial charge in [0.15, 0.2) is 0 Å². The zero-order valence-electron chi connectivity index (χ0n) is 10.3. The molecule has 7 heteroatoms. The quantitative estimate of drug-likeness (QED) is 0.470.